The standard InChI is InChI=1S/C6H5ClNO3S/c7-5-3-1-2-4-6(5)11-12(8,9)10/h1-4,8H. The maximum atomic E-state index is 10.3. The zero-order valence-corrected chi connectivity index (χ0v) is 7.39. The van der Waals surface area contributed by atoms with Crippen molar-refractivity contribution in [3.05, 3.63) is 29.3 Å². The van der Waals surface area contributed by atoms with Gasteiger partial charge >= 0.3 is 10.3 Å². The fourth-order valence-electron chi connectivity index (χ4n) is 0.631. The summed E-state index contributed by atoms with van der Waals surface area (Å²) in [6.45, 7) is 0. The Labute approximate surface area is 75.2 Å². The van der Waals surface area contributed by atoms with Gasteiger partial charge in [0, 0.05) is 0 Å². The van der Waals surface area contributed by atoms with Crippen molar-refractivity contribution in [1.82, 2.24) is 5.14 Å². The van der Waals surface area contributed by atoms with E-state index in [0.717, 1.165) is 0 Å². The normalized spacial score (nSPS) is 11.2. The third kappa shape index (κ3) is 2.69. The van der Waals surface area contributed by atoms with Crippen LogP contribution >= 0.6 is 11.6 Å². The molecule has 65 valence electrons. The van der Waals surface area contributed by atoms with Crippen LogP contribution in [0.5, 0.6) is 5.75 Å². The Hall–Kier alpha value is -0.780. The third-order valence-corrected chi connectivity index (χ3v) is 1.75. The number of hydrogen-bond donors (Lipinski definition) is 0. The largest absolute Gasteiger partial charge is 0.396 e. The minimum absolute atomic E-state index is 0.0332. The van der Waals surface area contributed by atoms with E-state index in [-0.39, 0.29) is 10.8 Å². The Morgan fingerprint density at radius 3 is 2.42 bits per heavy atom. The van der Waals surface area contributed by atoms with Crippen LogP contribution in [0.2, 0.25) is 5.02 Å². The third-order valence-electron chi connectivity index (χ3n) is 1.04. The topological polar surface area (TPSA) is 67.2 Å². The summed E-state index contributed by atoms with van der Waals surface area (Å²) in [6, 6.07) is 6.04. The summed E-state index contributed by atoms with van der Waals surface area (Å²) in [5, 5.41) is 6.62. The minimum atomic E-state index is -4.23. The quantitative estimate of drug-likeness (QED) is 0.731. The average molecular weight is 207 g/mol. The van der Waals surface area contributed by atoms with Gasteiger partial charge < -0.3 is 4.18 Å². The van der Waals surface area contributed by atoms with Crippen LogP contribution in [0.3, 0.4) is 0 Å². The Kier molecular flexibility index (Phi) is 2.56. The molecular formula is C6H5ClNO3S. The lowest BCUT2D eigenvalue weighted by atomic mass is 10.3. The second-order valence-corrected chi connectivity index (χ2v) is 3.45. The Balaban J connectivity index is 2.98. The van der Waals surface area contributed by atoms with E-state index in [9.17, 15) is 8.42 Å². The van der Waals surface area contributed by atoms with Gasteiger partial charge in [-0.15, -0.1) is 5.14 Å². The first-order chi connectivity index (χ1) is 5.49. The van der Waals surface area contributed by atoms with Gasteiger partial charge in [0.15, 0.2) is 5.75 Å². The lowest BCUT2D eigenvalue weighted by molar-refractivity contribution is 0.486. The summed E-state index contributed by atoms with van der Waals surface area (Å²) in [5.74, 6) is -0.0332. The van der Waals surface area contributed by atoms with Crippen molar-refractivity contribution in [2.75, 3.05) is 0 Å². The fraction of sp³-hybridized carbons (Fsp3) is 0. The summed E-state index contributed by atoms with van der Waals surface area (Å²) < 4.78 is 24.9. The number of halogens is 1. The molecule has 0 atom stereocenters. The maximum Gasteiger partial charge on any atom is 0.396 e. The van der Waals surface area contributed by atoms with Crippen LogP contribution < -0.4 is 9.32 Å². The van der Waals surface area contributed by atoms with Gasteiger partial charge in [-0.3, -0.25) is 0 Å². The van der Waals surface area contributed by atoms with Crippen LogP contribution in [0.1, 0.15) is 0 Å². The van der Waals surface area contributed by atoms with E-state index < -0.39 is 10.3 Å². The predicted octanol–water partition coefficient (Wildman–Crippen LogP) is 1.25. The molecule has 0 unspecified atom stereocenters. The van der Waals surface area contributed by atoms with E-state index in [4.69, 9.17) is 16.7 Å². The highest BCUT2D eigenvalue weighted by Gasteiger charge is 2.08. The number of rotatable bonds is 2. The first kappa shape index (κ1) is 9.31. The molecule has 12 heavy (non-hydrogen) atoms. The molecule has 1 aromatic carbocycles. The van der Waals surface area contributed by atoms with Crippen LogP contribution in [0.15, 0.2) is 24.3 Å². The molecule has 0 saturated carbocycles. The van der Waals surface area contributed by atoms with E-state index in [2.05, 4.69) is 4.18 Å². The monoisotopic (exact) mass is 206 g/mol. The molecule has 0 heterocycles. The van der Waals surface area contributed by atoms with Crippen LogP contribution in [-0.2, 0) is 10.3 Å². The van der Waals surface area contributed by atoms with E-state index in [1.54, 1.807) is 12.1 Å². The van der Waals surface area contributed by atoms with Gasteiger partial charge in [0.2, 0.25) is 0 Å². The first-order valence-electron chi connectivity index (χ1n) is 2.92. The molecule has 0 aliphatic heterocycles. The van der Waals surface area contributed by atoms with Crippen LogP contribution in [-0.4, -0.2) is 8.42 Å². The second-order valence-electron chi connectivity index (χ2n) is 1.97. The molecule has 4 nitrogen and oxygen atoms in total. The zero-order chi connectivity index (χ0) is 9.19. The summed E-state index contributed by atoms with van der Waals surface area (Å²) >= 11 is 5.56. The van der Waals surface area contributed by atoms with Crippen molar-refractivity contribution < 1.29 is 12.6 Å². The molecule has 0 fully saturated rings. The van der Waals surface area contributed by atoms with Crippen molar-refractivity contribution in [1.29, 1.82) is 0 Å². The Morgan fingerprint density at radius 2 is 1.92 bits per heavy atom. The van der Waals surface area contributed by atoms with Gasteiger partial charge in [-0.1, -0.05) is 23.7 Å². The highest BCUT2D eigenvalue weighted by atomic mass is 35.5. The Bertz CT molecular complexity index is 376. The zero-order valence-electron chi connectivity index (χ0n) is 5.82. The number of nitrogens with one attached hydrogen (secondary N) is 1. The van der Waals surface area contributed by atoms with E-state index >= 15 is 0 Å². The first-order valence-corrected chi connectivity index (χ1v) is 4.71. The van der Waals surface area contributed by atoms with Crippen molar-refractivity contribution in [2.24, 2.45) is 0 Å². The molecule has 0 aliphatic rings. The number of benzene rings is 1. The number of hydrogen-bond acceptors (Lipinski definition) is 3. The molecule has 0 amide bonds. The molecule has 0 spiro atoms. The van der Waals surface area contributed by atoms with Crippen molar-refractivity contribution >= 4 is 21.9 Å². The van der Waals surface area contributed by atoms with Crippen LogP contribution in [0.25, 0.3) is 0 Å². The van der Waals surface area contributed by atoms with Gasteiger partial charge in [-0.2, -0.15) is 8.42 Å². The highest BCUT2D eigenvalue weighted by molar-refractivity contribution is 7.84. The molecular weight excluding hydrogens is 202 g/mol. The molecule has 0 aromatic heterocycles. The molecule has 6 heteroatoms. The van der Waals surface area contributed by atoms with Crippen molar-refractivity contribution in [3.8, 4) is 5.75 Å². The molecule has 1 rings (SSSR count). The van der Waals surface area contributed by atoms with Gasteiger partial charge in [0.25, 0.3) is 0 Å². The molecule has 1 N–H and O–H groups in total. The molecule has 1 radical (unpaired) electrons. The Morgan fingerprint density at radius 1 is 1.33 bits per heavy atom. The van der Waals surface area contributed by atoms with Gasteiger partial charge in [0.05, 0.1) is 5.02 Å². The highest BCUT2D eigenvalue weighted by Crippen LogP contribution is 2.23. The number of para-hydroxylation sites is 1. The molecule has 0 saturated heterocycles. The van der Waals surface area contributed by atoms with Crippen LogP contribution in [0.4, 0.5) is 0 Å². The smallest absolute Gasteiger partial charge is 0.368 e. The van der Waals surface area contributed by atoms with E-state index in [1.807, 2.05) is 0 Å². The van der Waals surface area contributed by atoms with E-state index in [1.165, 1.54) is 12.1 Å². The molecule has 1 aromatic rings. The summed E-state index contributed by atoms with van der Waals surface area (Å²) in [7, 11) is -4.23. The average Bonchev–Trinajstić information content (AvgIpc) is 1.91. The summed E-state index contributed by atoms with van der Waals surface area (Å²) in [5.41, 5.74) is 0. The maximum absolute atomic E-state index is 10.3. The van der Waals surface area contributed by atoms with Gasteiger partial charge in [-0.25, -0.2) is 0 Å². The lowest BCUT2D eigenvalue weighted by Crippen LogP contribution is -2.08. The predicted molar refractivity (Wildman–Crippen MR) is 44.1 cm³/mol. The van der Waals surface area contributed by atoms with Crippen LogP contribution in [0, 0.1) is 0 Å². The van der Waals surface area contributed by atoms with E-state index in [0.29, 0.717) is 0 Å². The fourth-order valence-corrected chi connectivity index (χ4v) is 1.23. The minimum Gasteiger partial charge on any atom is -0.368 e. The lowest BCUT2D eigenvalue weighted by Gasteiger charge is -2.01. The summed E-state index contributed by atoms with van der Waals surface area (Å²) in [6.07, 6.45) is 0. The van der Waals surface area contributed by atoms with Crippen molar-refractivity contribution in [3.63, 3.8) is 0 Å². The molecule has 0 bridgehead atoms. The van der Waals surface area contributed by atoms with Gasteiger partial charge in [-0.05, 0) is 12.1 Å². The van der Waals surface area contributed by atoms with Gasteiger partial charge in [0.1, 0.15) is 0 Å². The molecule has 0 aliphatic carbocycles. The SMILES string of the molecule is [NH]S(=O)(=O)Oc1ccccc1Cl. The summed E-state index contributed by atoms with van der Waals surface area (Å²) in [4.78, 5) is 0. The van der Waals surface area contributed by atoms with Crippen molar-refractivity contribution in [2.45, 2.75) is 0 Å². The second kappa shape index (κ2) is 3.30.